The smallest absolute Gasteiger partial charge is 0.313 e. The van der Waals surface area contributed by atoms with Crippen LogP contribution in [0.15, 0.2) is 0 Å². The SMILES string of the molecule is CCC(=S)C(C)C(=O)OC. The molecule has 0 N–H and O–H groups in total. The molecule has 0 aromatic carbocycles. The Morgan fingerprint density at radius 3 is 2.50 bits per heavy atom. The van der Waals surface area contributed by atoms with Crippen LogP contribution < -0.4 is 0 Å². The van der Waals surface area contributed by atoms with Crippen LogP contribution in [0.3, 0.4) is 0 Å². The number of ether oxygens (including phenoxy) is 1. The number of esters is 1. The van der Waals surface area contributed by atoms with Gasteiger partial charge in [-0.2, -0.15) is 0 Å². The van der Waals surface area contributed by atoms with Gasteiger partial charge in [0.15, 0.2) is 0 Å². The minimum absolute atomic E-state index is 0.231. The van der Waals surface area contributed by atoms with Gasteiger partial charge in [0.05, 0.1) is 13.0 Å². The van der Waals surface area contributed by atoms with Gasteiger partial charge in [0, 0.05) is 4.86 Å². The van der Waals surface area contributed by atoms with Gasteiger partial charge in [0.25, 0.3) is 0 Å². The monoisotopic (exact) mass is 160 g/mol. The molecule has 0 rings (SSSR count). The quantitative estimate of drug-likeness (QED) is 0.463. The molecule has 1 atom stereocenters. The van der Waals surface area contributed by atoms with Crippen LogP contribution >= 0.6 is 12.2 Å². The summed E-state index contributed by atoms with van der Waals surface area (Å²) < 4.78 is 4.51. The number of hydrogen-bond acceptors (Lipinski definition) is 3. The van der Waals surface area contributed by atoms with E-state index in [0.717, 1.165) is 11.3 Å². The van der Waals surface area contributed by atoms with Crippen LogP contribution in [0.1, 0.15) is 20.3 Å². The first kappa shape index (κ1) is 9.56. The molecule has 0 aliphatic rings. The van der Waals surface area contributed by atoms with Crippen molar-refractivity contribution in [1.82, 2.24) is 0 Å². The molecule has 0 saturated heterocycles. The van der Waals surface area contributed by atoms with E-state index in [4.69, 9.17) is 12.2 Å². The molecule has 0 saturated carbocycles. The molecule has 0 aliphatic heterocycles. The van der Waals surface area contributed by atoms with Crippen LogP contribution in [0, 0.1) is 5.92 Å². The third kappa shape index (κ3) is 2.43. The Hall–Kier alpha value is -0.440. The molecule has 3 heteroatoms. The Labute approximate surface area is 66.6 Å². The van der Waals surface area contributed by atoms with Crippen molar-refractivity contribution in [3.63, 3.8) is 0 Å². The standard InChI is InChI=1S/C7H12O2S/c1-4-6(10)5(2)7(8)9-3/h5H,4H2,1-3H3. The maximum Gasteiger partial charge on any atom is 0.313 e. The van der Waals surface area contributed by atoms with E-state index in [1.54, 1.807) is 6.92 Å². The Bertz CT molecular complexity index is 127. The van der Waals surface area contributed by atoms with Crippen LogP contribution in [0.5, 0.6) is 0 Å². The molecular weight excluding hydrogens is 148 g/mol. The average Bonchev–Trinajstić information content (AvgIpc) is 2.00. The molecule has 0 aromatic heterocycles. The lowest BCUT2D eigenvalue weighted by molar-refractivity contribution is -0.142. The number of methoxy groups -OCH3 is 1. The molecule has 0 fully saturated rings. The molecule has 58 valence electrons. The van der Waals surface area contributed by atoms with E-state index in [9.17, 15) is 4.79 Å². The van der Waals surface area contributed by atoms with E-state index in [1.807, 2.05) is 6.92 Å². The highest BCUT2D eigenvalue weighted by Gasteiger charge is 2.15. The topological polar surface area (TPSA) is 26.3 Å². The zero-order valence-corrected chi connectivity index (χ0v) is 7.33. The second-order valence-corrected chi connectivity index (χ2v) is 2.59. The van der Waals surface area contributed by atoms with Gasteiger partial charge in [-0.25, -0.2) is 0 Å². The molecular formula is C7H12O2S. The predicted octanol–water partition coefficient (Wildman–Crippen LogP) is 1.58. The Morgan fingerprint density at radius 1 is 1.70 bits per heavy atom. The molecule has 0 amide bonds. The third-order valence-corrected chi connectivity index (χ3v) is 2.03. The summed E-state index contributed by atoms with van der Waals surface area (Å²) >= 11 is 4.92. The van der Waals surface area contributed by atoms with Crippen LogP contribution in [-0.2, 0) is 9.53 Å². The Morgan fingerprint density at radius 2 is 2.20 bits per heavy atom. The fourth-order valence-electron chi connectivity index (χ4n) is 0.614. The first-order valence-electron chi connectivity index (χ1n) is 3.24. The van der Waals surface area contributed by atoms with E-state index < -0.39 is 0 Å². The van der Waals surface area contributed by atoms with Crippen LogP contribution in [0.2, 0.25) is 0 Å². The maximum absolute atomic E-state index is 10.8. The zero-order valence-electron chi connectivity index (χ0n) is 6.51. The normalized spacial score (nSPS) is 12.3. The molecule has 0 spiro atoms. The van der Waals surface area contributed by atoms with Gasteiger partial charge in [-0.05, 0) is 13.3 Å². The lowest BCUT2D eigenvalue weighted by Crippen LogP contribution is -2.19. The third-order valence-electron chi connectivity index (χ3n) is 1.39. The number of rotatable bonds is 3. The highest BCUT2D eigenvalue weighted by Crippen LogP contribution is 2.04. The minimum atomic E-state index is -0.244. The Balaban J connectivity index is 3.94. The summed E-state index contributed by atoms with van der Waals surface area (Å²) in [6, 6.07) is 0. The highest BCUT2D eigenvalue weighted by molar-refractivity contribution is 7.80. The minimum Gasteiger partial charge on any atom is -0.469 e. The largest absolute Gasteiger partial charge is 0.469 e. The first-order valence-corrected chi connectivity index (χ1v) is 3.64. The number of hydrogen-bond donors (Lipinski definition) is 0. The van der Waals surface area contributed by atoms with E-state index in [0.29, 0.717) is 0 Å². The lowest BCUT2D eigenvalue weighted by Gasteiger charge is -2.07. The fraction of sp³-hybridized carbons (Fsp3) is 0.714. The molecule has 10 heavy (non-hydrogen) atoms. The van der Waals surface area contributed by atoms with Crippen molar-refractivity contribution in [2.45, 2.75) is 20.3 Å². The summed E-state index contributed by atoms with van der Waals surface area (Å²) in [4.78, 5) is 11.6. The second kappa shape index (κ2) is 4.39. The van der Waals surface area contributed by atoms with Crippen molar-refractivity contribution in [2.75, 3.05) is 7.11 Å². The van der Waals surface area contributed by atoms with Gasteiger partial charge in [0.1, 0.15) is 0 Å². The summed E-state index contributed by atoms with van der Waals surface area (Å²) in [6.07, 6.45) is 0.756. The van der Waals surface area contributed by atoms with Gasteiger partial charge >= 0.3 is 5.97 Å². The van der Waals surface area contributed by atoms with Gasteiger partial charge in [0.2, 0.25) is 0 Å². The summed E-state index contributed by atoms with van der Waals surface area (Å²) in [5.41, 5.74) is 0. The van der Waals surface area contributed by atoms with Crippen molar-refractivity contribution in [1.29, 1.82) is 0 Å². The van der Waals surface area contributed by atoms with Crippen LogP contribution in [0.4, 0.5) is 0 Å². The Kier molecular flexibility index (Phi) is 4.19. The first-order chi connectivity index (χ1) is 4.63. The highest BCUT2D eigenvalue weighted by atomic mass is 32.1. The van der Waals surface area contributed by atoms with Crippen molar-refractivity contribution < 1.29 is 9.53 Å². The molecule has 0 aliphatic carbocycles. The summed E-state index contributed by atoms with van der Waals surface area (Å²) in [5, 5.41) is 0. The second-order valence-electron chi connectivity index (χ2n) is 2.06. The van der Waals surface area contributed by atoms with E-state index in [-0.39, 0.29) is 11.9 Å². The van der Waals surface area contributed by atoms with Gasteiger partial charge < -0.3 is 4.74 Å². The molecule has 1 unspecified atom stereocenters. The van der Waals surface area contributed by atoms with E-state index in [2.05, 4.69) is 4.74 Å². The lowest BCUT2D eigenvalue weighted by atomic mass is 10.1. The average molecular weight is 160 g/mol. The summed E-state index contributed by atoms with van der Waals surface area (Å²) in [6.45, 7) is 3.69. The molecule has 0 bridgehead atoms. The fourth-order valence-corrected chi connectivity index (χ4v) is 0.711. The van der Waals surface area contributed by atoms with Crippen molar-refractivity contribution >= 4 is 23.1 Å². The summed E-state index contributed by atoms with van der Waals surface area (Å²) in [5.74, 6) is -0.475. The van der Waals surface area contributed by atoms with E-state index in [1.165, 1.54) is 7.11 Å². The van der Waals surface area contributed by atoms with Crippen LogP contribution in [-0.4, -0.2) is 17.9 Å². The van der Waals surface area contributed by atoms with Gasteiger partial charge in [-0.3, -0.25) is 4.79 Å². The number of thiocarbonyl (C=S) groups is 1. The molecule has 2 nitrogen and oxygen atoms in total. The summed E-state index contributed by atoms with van der Waals surface area (Å²) in [7, 11) is 1.37. The van der Waals surface area contributed by atoms with Crippen molar-refractivity contribution in [3.8, 4) is 0 Å². The number of carbonyl (C=O) groups is 1. The predicted molar refractivity (Wildman–Crippen MR) is 44.1 cm³/mol. The van der Waals surface area contributed by atoms with Crippen molar-refractivity contribution in [3.05, 3.63) is 0 Å². The van der Waals surface area contributed by atoms with Crippen molar-refractivity contribution in [2.24, 2.45) is 5.92 Å². The van der Waals surface area contributed by atoms with Gasteiger partial charge in [-0.15, -0.1) is 0 Å². The maximum atomic E-state index is 10.8. The zero-order chi connectivity index (χ0) is 8.15. The number of carbonyl (C=O) groups excluding carboxylic acids is 1. The molecule has 0 aromatic rings. The molecule has 0 radical (unpaired) electrons. The van der Waals surface area contributed by atoms with E-state index >= 15 is 0 Å². The molecule has 0 heterocycles. The van der Waals surface area contributed by atoms with Gasteiger partial charge in [-0.1, -0.05) is 19.1 Å². The van der Waals surface area contributed by atoms with Crippen LogP contribution in [0.25, 0.3) is 0 Å².